The zero-order chi connectivity index (χ0) is 35.0. The molecule has 0 aromatic heterocycles. The van der Waals surface area contributed by atoms with Gasteiger partial charge < -0.3 is 39.1 Å². The molecule has 2 amide bonds. The highest BCUT2D eigenvalue weighted by Crippen LogP contribution is 2.02. The molecule has 288 valence electrons. The molecule has 0 saturated heterocycles. The lowest BCUT2D eigenvalue weighted by atomic mass is 10.1. The molecule has 12 heteroatoms. The minimum Gasteiger partial charge on any atom is -0.379 e. The maximum Gasteiger partial charge on any atom is 0.222 e. The highest BCUT2D eigenvalue weighted by Gasteiger charge is 2.07. The smallest absolute Gasteiger partial charge is 0.222 e. The van der Waals surface area contributed by atoms with Crippen molar-refractivity contribution >= 4 is 23.4 Å². The Labute approximate surface area is 293 Å². The van der Waals surface area contributed by atoms with E-state index in [1.54, 1.807) is 0 Å². The van der Waals surface area contributed by atoms with E-state index in [0.717, 1.165) is 12.8 Å². The Balaban J connectivity index is -0.000000387. The van der Waals surface area contributed by atoms with Gasteiger partial charge in [0.05, 0.1) is 66.1 Å². The molecule has 12 nitrogen and oxygen atoms in total. The average molecular weight is 695 g/mol. The van der Waals surface area contributed by atoms with Crippen LogP contribution in [-0.4, -0.2) is 115 Å². The minimum absolute atomic E-state index is 0. The highest BCUT2D eigenvalue weighted by atomic mass is 16.5. The topological polar surface area (TPSA) is 148 Å². The van der Waals surface area contributed by atoms with Gasteiger partial charge in [0.25, 0.3) is 0 Å². The molecule has 0 bridgehead atoms. The van der Waals surface area contributed by atoms with E-state index in [1.807, 2.05) is 55.4 Å². The Bertz CT molecular complexity index is 699. The van der Waals surface area contributed by atoms with E-state index in [1.165, 1.54) is 0 Å². The Kier molecular flexibility index (Phi) is 41.7. The number of Topliss-reactive ketones (excluding diaryl/α,β-unsaturated/α-hetero) is 2. The van der Waals surface area contributed by atoms with Crippen molar-refractivity contribution < 1.29 is 47.6 Å². The molecule has 0 atom stereocenters. The summed E-state index contributed by atoms with van der Waals surface area (Å²) in [6.45, 7) is 21.3. The summed E-state index contributed by atoms with van der Waals surface area (Å²) in [5.74, 6) is 0.785. The summed E-state index contributed by atoms with van der Waals surface area (Å²) in [6, 6.07) is 0.323. The fourth-order valence-corrected chi connectivity index (χ4v) is 3.48. The largest absolute Gasteiger partial charge is 0.379 e. The first-order valence-electron chi connectivity index (χ1n) is 17.0. The van der Waals surface area contributed by atoms with E-state index in [4.69, 9.17) is 28.4 Å². The number of ketones is 2. The molecule has 0 aliphatic heterocycles. The number of ether oxygens (including phenoxy) is 6. The first kappa shape index (κ1) is 52.8. The van der Waals surface area contributed by atoms with Gasteiger partial charge in [0.15, 0.2) is 0 Å². The van der Waals surface area contributed by atoms with Gasteiger partial charge in [-0.3, -0.25) is 19.2 Å². The fraction of sp³-hybridized carbons (Fsp3) is 0.889. The monoisotopic (exact) mass is 695 g/mol. The molecule has 0 aromatic rings. The number of nitrogens with one attached hydrogen (secondary N) is 2. The van der Waals surface area contributed by atoms with Crippen LogP contribution in [0.2, 0.25) is 0 Å². The van der Waals surface area contributed by atoms with Crippen molar-refractivity contribution in [3.05, 3.63) is 0 Å². The molecule has 0 fully saturated rings. The number of carbonyl (C=O) groups is 4. The van der Waals surface area contributed by atoms with Crippen LogP contribution in [0.15, 0.2) is 0 Å². The molecular formula is C36H74N2O10. The molecule has 0 aromatic carbocycles. The van der Waals surface area contributed by atoms with Crippen molar-refractivity contribution in [2.24, 2.45) is 11.8 Å². The van der Waals surface area contributed by atoms with Crippen LogP contribution >= 0.6 is 0 Å². The first-order chi connectivity index (χ1) is 21.9. The lowest BCUT2D eigenvalue weighted by Gasteiger charge is -2.09. The van der Waals surface area contributed by atoms with Gasteiger partial charge in [-0.05, 0) is 40.5 Å². The summed E-state index contributed by atoms with van der Waals surface area (Å²) < 4.78 is 32.1. The van der Waals surface area contributed by atoms with Crippen molar-refractivity contribution in [1.29, 1.82) is 0 Å². The normalized spacial score (nSPS) is 10.8. The predicted molar refractivity (Wildman–Crippen MR) is 192 cm³/mol. The van der Waals surface area contributed by atoms with Gasteiger partial charge in [-0.25, -0.2) is 0 Å². The molecule has 0 spiro atoms. The zero-order valence-electron chi connectivity index (χ0n) is 30.1. The van der Waals surface area contributed by atoms with Crippen LogP contribution in [0.1, 0.15) is 109 Å². The number of amides is 2. The second-order valence-corrected chi connectivity index (χ2v) is 12.1. The minimum atomic E-state index is 0. The summed E-state index contributed by atoms with van der Waals surface area (Å²) in [6.07, 6.45) is 3.43. The summed E-state index contributed by atoms with van der Waals surface area (Å²) >= 11 is 0. The third kappa shape index (κ3) is 42.1. The zero-order valence-corrected chi connectivity index (χ0v) is 30.1. The van der Waals surface area contributed by atoms with Crippen molar-refractivity contribution in [2.75, 3.05) is 79.3 Å². The van der Waals surface area contributed by atoms with Crippen molar-refractivity contribution in [3.63, 3.8) is 0 Å². The van der Waals surface area contributed by atoms with Gasteiger partial charge in [-0.2, -0.15) is 0 Å². The van der Waals surface area contributed by atoms with Gasteiger partial charge >= 0.3 is 0 Å². The van der Waals surface area contributed by atoms with Crippen molar-refractivity contribution in [3.8, 4) is 0 Å². The Hall–Kier alpha value is -1.96. The van der Waals surface area contributed by atoms with Crippen molar-refractivity contribution in [2.45, 2.75) is 121 Å². The van der Waals surface area contributed by atoms with Crippen LogP contribution in [0.4, 0.5) is 0 Å². The second-order valence-electron chi connectivity index (χ2n) is 12.1. The van der Waals surface area contributed by atoms with Crippen LogP contribution in [0, 0.1) is 11.8 Å². The number of rotatable bonds is 30. The summed E-state index contributed by atoms with van der Waals surface area (Å²) in [7, 11) is 0. The Morgan fingerprint density at radius 3 is 0.896 bits per heavy atom. The van der Waals surface area contributed by atoms with E-state index >= 15 is 0 Å². The number of carbonyl (C=O) groups excluding carboxylic acids is 4. The van der Waals surface area contributed by atoms with Crippen LogP contribution in [0.25, 0.3) is 0 Å². The van der Waals surface area contributed by atoms with E-state index in [0.29, 0.717) is 105 Å². The van der Waals surface area contributed by atoms with Gasteiger partial charge in [-0.1, -0.05) is 42.5 Å². The van der Waals surface area contributed by atoms with Gasteiger partial charge in [-0.15, -0.1) is 0 Å². The second kappa shape index (κ2) is 37.9. The standard InChI is InChI=1S/2C17H33NO5.2CH4/c2*1-14(2)16(19)6-5-8-21-10-12-23-13-11-22-9-7-17(20)18-15(3)4;;/h2*14-15H,5-13H2,1-4H3,(H,18,20);2*1H4. The maximum atomic E-state index is 11.4. The molecular weight excluding hydrogens is 620 g/mol. The van der Waals surface area contributed by atoms with E-state index in [9.17, 15) is 19.2 Å². The molecule has 2 N–H and O–H groups in total. The average Bonchev–Trinajstić information content (AvgIpc) is 2.97. The molecule has 0 heterocycles. The summed E-state index contributed by atoms with van der Waals surface area (Å²) in [5, 5.41) is 5.61. The first-order valence-corrected chi connectivity index (χ1v) is 17.0. The van der Waals surface area contributed by atoms with Crippen molar-refractivity contribution in [1.82, 2.24) is 10.6 Å². The van der Waals surface area contributed by atoms with Gasteiger partial charge in [0, 0.05) is 62.8 Å². The fourth-order valence-electron chi connectivity index (χ4n) is 3.48. The Morgan fingerprint density at radius 2 is 0.646 bits per heavy atom. The lowest BCUT2D eigenvalue weighted by molar-refractivity contribution is -0.123. The summed E-state index contributed by atoms with van der Waals surface area (Å²) in [4.78, 5) is 45.4. The molecule has 0 radical (unpaired) electrons. The predicted octanol–water partition coefficient (Wildman–Crippen LogP) is 5.18. The summed E-state index contributed by atoms with van der Waals surface area (Å²) in [5.41, 5.74) is 0. The van der Waals surface area contributed by atoms with Gasteiger partial charge in [0.1, 0.15) is 11.6 Å². The van der Waals surface area contributed by atoms with Crippen LogP contribution in [-0.2, 0) is 47.6 Å². The number of hydrogen-bond acceptors (Lipinski definition) is 10. The van der Waals surface area contributed by atoms with E-state index in [2.05, 4.69) is 10.6 Å². The number of hydrogen-bond donors (Lipinski definition) is 2. The third-order valence-corrected chi connectivity index (χ3v) is 6.05. The SMILES string of the molecule is C.C.CC(C)NC(=O)CCOCCOCCOCCCC(=O)C(C)C.CC(C)NC(=O)CCOCCOCCOCCCC(=O)C(C)C. The maximum absolute atomic E-state index is 11.4. The lowest BCUT2D eigenvalue weighted by Crippen LogP contribution is -2.30. The molecule has 0 saturated carbocycles. The highest BCUT2D eigenvalue weighted by molar-refractivity contribution is 5.80. The third-order valence-electron chi connectivity index (χ3n) is 6.05. The quantitative estimate of drug-likeness (QED) is 0.0964. The molecule has 0 unspecified atom stereocenters. The Morgan fingerprint density at radius 1 is 0.396 bits per heavy atom. The van der Waals surface area contributed by atoms with Crippen LogP contribution in [0.3, 0.4) is 0 Å². The molecule has 0 rings (SSSR count). The van der Waals surface area contributed by atoms with E-state index in [-0.39, 0.29) is 62.2 Å². The molecule has 0 aliphatic carbocycles. The molecule has 0 aliphatic rings. The van der Waals surface area contributed by atoms with Gasteiger partial charge in [0.2, 0.25) is 11.8 Å². The van der Waals surface area contributed by atoms with Crippen LogP contribution < -0.4 is 10.6 Å². The molecule has 48 heavy (non-hydrogen) atoms. The van der Waals surface area contributed by atoms with Crippen LogP contribution in [0.5, 0.6) is 0 Å². The van der Waals surface area contributed by atoms with E-state index < -0.39 is 0 Å².